The van der Waals surface area contributed by atoms with Crippen molar-refractivity contribution in [3.8, 4) is 79.0 Å². The molecule has 288 valence electrons. The Morgan fingerprint density at radius 2 is 1.03 bits per heavy atom. The Balaban J connectivity index is 0.971. The van der Waals surface area contributed by atoms with E-state index in [1.54, 1.807) is 11.3 Å². The number of fused-ring (bicyclic) bond motifs is 8. The van der Waals surface area contributed by atoms with Gasteiger partial charge in [0.15, 0.2) is 23.1 Å². The van der Waals surface area contributed by atoms with E-state index in [9.17, 15) is 0 Å². The SMILES string of the molecule is CC1(C)c2cc(-c3cccc(-c4nc(-c5ccc(-c6ccccc6)cc5)nc(-c5cccc6c5sc5ccccc56)n4)c3)ccc2-c2c1ccc1nc(-c3ccccc3)oc21. The Hall–Kier alpha value is -7.54. The second kappa shape index (κ2) is 13.8. The molecule has 0 spiro atoms. The zero-order valence-electron chi connectivity index (χ0n) is 33.4. The maximum atomic E-state index is 6.55. The van der Waals surface area contributed by atoms with Crippen LogP contribution < -0.4 is 0 Å². The lowest BCUT2D eigenvalue weighted by Crippen LogP contribution is -2.14. The summed E-state index contributed by atoms with van der Waals surface area (Å²) in [6, 6.07) is 63.8. The van der Waals surface area contributed by atoms with Crippen LogP contribution in [0, 0.1) is 0 Å². The van der Waals surface area contributed by atoms with E-state index in [2.05, 4.69) is 159 Å². The zero-order valence-corrected chi connectivity index (χ0v) is 34.2. The van der Waals surface area contributed by atoms with Crippen LogP contribution in [0.1, 0.15) is 25.0 Å². The number of nitrogens with zero attached hydrogens (tertiary/aromatic N) is 4. The Morgan fingerprint density at radius 3 is 1.85 bits per heavy atom. The molecular formula is C55H36N4OS. The molecule has 0 radical (unpaired) electrons. The van der Waals surface area contributed by atoms with E-state index in [0.29, 0.717) is 23.4 Å². The Bertz CT molecular complexity index is 3500. The first-order valence-corrected chi connectivity index (χ1v) is 21.4. The summed E-state index contributed by atoms with van der Waals surface area (Å²) in [6.07, 6.45) is 0. The Kier molecular flexibility index (Phi) is 7.99. The molecule has 0 fully saturated rings. The van der Waals surface area contributed by atoms with Crippen molar-refractivity contribution in [1.29, 1.82) is 0 Å². The molecule has 0 saturated carbocycles. The Morgan fingerprint density at radius 1 is 0.426 bits per heavy atom. The molecule has 5 nitrogen and oxygen atoms in total. The van der Waals surface area contributed by atoms with E-state index >= 15 is 0 Å². The molecule has 0 unspecified atom stereocenters. The van der Waals surface area contributed by atoms with Crippen LogP contribution in [0.5, 0.6) is 0 Å². The molecule has 0 saturated heterocycles. The lowest BCUT2D eigenvalue weighted by atomic mass is 9.81. The molecule has 11 aromatic rings. The van der Waals surface area contributed by atoms with Crippen molar-refractivity contribution in [2.75, 3.05) is 0 Å². The third kappa shape index (κ3) is 5.82. The van der Waals surface area contributed by atoms with Crippen LogP contribution in [0.25, 0.3) is 110 Å². The first kappa shape index (κ1) is 35.4. The maximum Gasteiger partial charge on any atom is 0.227 e. The highest BCUT2D eigenvalue weighted by molar-refractivity contribution is 7.26. The van der Waals surface area contributed by atoms with Gasteiger partial charge in [-0.1, -0.05) is 153 Å². The van der Waals surface area contributed by atoms with Gasteiger partial charge in [0.05, 0.1) is 0 Å². The third-order valence-corrected chi connectivity index (χ3v) is 13.4. The first-order chi connectivity index (χ1) is 30.0. The maximum absolute atomic E-state index is 6.55. The predicted molar refractivity (Wildman–Crippen MR) is 250 cm³/mol. The van der Waals surface area contributed by atoms with Gasteiger partial charge < -0.3 is 4.42 Å². The first-order valence-electron chi connectivity index (χ1n) is 20.5. The summed E-state index contributed by atoms with van der Waals surface area (Å²) in [5.41, 5.74) is 14.6. The lowest BCUT2D eigenvalue weighted by Gasteiger charge is -2.22. The topological polar surface area (TPSA) is 64.7 Å². The fourth-order valence-electron chi connectivity index (χ4n) is 9.05. The summed E-state index contributed by atoms with van der Waals surface area (Å²) >= 11 is 1.78. The van der Waals surface area contributed by atoms with Gasteiger partial charge in [0.1, 0.15) is 5.52 Å². The number of hydrogen-bond donors (Lipinski definition) is 0. The van der Waals surface area contributed by atoms with Gasteiger partial charge in [-0.25, -0.2) is 19.9 Å². The lowest BCUT2D eigenvalue weighted by molar-refractivity contribution is 0.618. The average Bonchev–Trinajstić information content (AvgIpc) is 4.00. The van der Waals surface area contributed by atoms with Gasteiger partial charge in [-0.05, 0) is 81.4 Å². The molecule has 3 aromatic heterocycles. The monoisotopic (exact) mass is 800 g/mol. The van der Waals surface area contributed by atoms with Crippen LogP contribution in [0.3, 0.4) is 0 Å². The highest BCUT2D eigenvalue weighted by Gasteiger charge is 2.38. The highest BCUT2D eigenvalue weighted by atomic mass is 32.1. The van der Waals surface area contributed by atoms with Crippen molar-refractivity contribution in [2.45, 2.75) is 19.3 Å². The molecule has 8 aromatic carbocycles. The molecule has 12 rings (SSSR count). The second-order valence-corrected chi connectivity index (χ2v) is 17.3. The van der Waals surface area contributed by atoms with Crippen molar-refractivity contribution in [3.63, 3.8) is 0 Å². The van der Waals surface area contributed by atoms with Crippen LogP contribution in [0.4, 0.5) is 0 Å². The molecule has 61 heavy (non-hydrogen) atoms. The predicted octanol–water partition coefficient (Wildman–Crippen LogP) is 14.7. The molecule has 1 aliphatic carbocycles. The highest BCUT2D eigenvalue weighted by Crippen LogP contribution is 2.52. The van der Waals surface area contributed by atoms with Gasteiger partial charge in [-0.3, -0.25) is 0 Å². The largest absolute Gasteiger partial charge is 0.435 e. The molecule has 0 N–H and O–H groups in total. The molecular weight excluding hydrogens is 765 g/mol. The van der Waals surface area contributed by atoms with E-state index in [1.165, 1.54) is 42.4 Å². The number of rotatable bonds is 6. The Labute approximate surface area is 356 Å². The molecule has 0 aliphatic heterocycles. The van der Waals surface area contributed by atoms with Crippen molar-refractivity contribution >= 4 is 42.6 Å². The molecule has 1 aliphatic rings. The minimum absolute atomic E-state index is 0.242. The standard InChI is InChI=1S/C55H36N4OS/c1-55(2)44-29-30-46-49(60-54(56-46)36-15-7-4-8-16-36)48(44)42-28-27-38(32-45(42)55)37-17-11-18-39(31-37)52-57-51(35-25-23-34(24-26-35)33-13-5-3-6-14-33)58-53(59-52)43-21-12-20-41-40-19-9-10-22-47(40)61-50(41)43/h3-32H,1-2H3. The number of thiophene rings is 1. The summed E-state index contributed by atoms with van der Waals surface area (Å²) in [5.74, 6) is 2.55. The normalized spacial score (nSPS) is 12.9. The van der Waals surface area contributed by atoms with Crippen molar-refractivity contribution in [2.24, 2.45) is 0 Å². The fraction of sp³-hybridized carbons (Fsp3) is 0.0545. The van der Waals surface area contributed by atoms with E-state index in [1.807, 2.05) is 36.4 Å². The van der Waals surface area contributed by atoms with Crippen LogP contribution in [-0.2, 0) is 5.41 Å². The van der Waals surface area contributed by atoms with E-state index in [4.69, 9.17) is 24.4 Å². The average molecular weight is 801 g/mol. The van der Waals surface area contributed by atoms with Crippen molar-refractivity contribution in [3.05, 3.63) is 193 Å². The van der Waals surface area contributed by atoms with E-state index < -0.39 is 0 Å². The van der Waals surface area contributed by atoms with Gasteiger partial charge in [0.2, 0.25) is 5.89 Å². The summed E-state index contributed by atoms with van der Waals surface area (Å²) in [6.45, 7) is 4.60. The van der Waals surface area contributed by atoms with Gasteiger partial charge in [0, 0.05) is 53.4 Å². The van der Waals surface area contributed by atoms with Crippen LogP contribution >= 0.6 is 11.3 Å². The fourth-order valence-corrected chi connectivity index (χ4v) is 10.3. The van der Waals surface area contributed by atoms with Crippen molar-refractivity contribution < 1.29 is 4.42 Å². The summed E-state index contributed by atoms with van der Waals surface area (Å²) in [5, 5.41) is 2.45. The second-order valence-electron chi connectivity index (χ2n) is 16.2. The molecule has 0 amide bonds. The van der Waals surface area contributed by atoms with E-state index in [-0.39, 0.29) is 5.41 Å². The molecule has 0 bridgehead atoms. The molecule has 3 heterocycles. The number of benzene rings is 8. The van der Waals surface area contributed by atoms with Crippen LogP contribution in [0.15, 0.2) is 186 Å². The van der Waals surface area contributed by atoms with Gasteiger partial charge in [-0.2, -0.15) is 0 Å². The summed E-state index contributed by atoms with van der Waals surface area (Å²) < 4.78 is 8.95. The van der Waals surface area contributed by atoms with Gasteiger partial charge in [0.25, 0.3) is 0 Å². The van der Waals surface area contributed by atoms with Gasteiger partial charge >= 0.3 is 0 Å². The molecule has 0 atom stereocenters. The summed E-state index contributed by atoms with van der Waals surface area (Å²) in [4.78, 5) is 20.5. The summed E-state index contributed by atoms with van der Waals surface area (Å²) in [7, 11) is 0. The zero-order chi connectivity index (χ0) is 40.7. The number of oxazole rings is 1. The van der Waals surface area contributed by atoms with E-state index in [0.717, 1.165) is 55.6 Å². The quantitative estimate of drug-likeness (QED) is 0.168. The van der Waals surface area contributed by atoms with Crippen LogP contribution in [0.2, 0.25) is 0 Å². The van der Waals surface area contributed by atoms with Crippen LogP contribution in [-0.4, -0.2) is 19.9 Å². The third-order valence-electron chi connectivity index (χ3n) is 12.2. The van der Waals surface area contributed by atoms with Gasteiger partial charge in [-0.15, -0.1) is 11.3 Å². The minimum Gasteiger partial charge on any atom is -0.435 e. The van der Waals surface area contributed by atoms with Crippen molar-refractivity contribution in [1.82, 2.24) is 19.9 Å². The smallest absolute Gasteiger partial charge is 0.227 e. The minimum atomic E-state index is -0.242. The molecule has 6 heteroatoms. The number of hydrogen-bond acceptors (Lipinski definition) is 6. The number of aromatic nitrogens is 4.